The van der Waals surface area contributed by atoms with Crippen LogP contribution >= 0.6 is 10.9 Å². The molecule has 0 aliphatic carbocycles. The van der Waals surface area contributed by atoms with Gasteiger partial charge in [0, 0.05) is 5.75 Å². The molecule has 84 valence electrons. The molecule has 2 nitrogen and oxygen atoms in total. The van der Waals surface area contributed by atoms with Crippen molar-refractivity contribution in [1.29, 1.82) is 0 Å². The van der Waals surface area contributed by atoms with Crippen LogP contribution in [0.25, 0.3) is 0 Å². The number of esters is 1. The Morgan fingerprint density at radius 1 is 1.31 bits per heavy atom. The molecule has 0 aromatic heterocycles. The molecule has 1 heterocycles. The van der Waals surface area contributed by atoms with Crippen LogP contribution in [-0.4, -0.2) is 13.1 Å². The van der Waals surface area contributed by atoms with Crippen molar-refractivity contribution >= 4 is 16.9 Å². The van der Waals surface area contributed by atoms with Crippen LogP contribution in [0.3, 0.4) is 0 Å². The number of carbonyl (C=O) groups is 1. The highest BCUT2D eigenvalue weighted by atomic mass is 32.2. The zero-order valence-electron chi connectivity index (χ0n) is 9.09. The third-order valence-corrected chi connectivity index (χ3v) is 4.61. The molecule has 0 bridgehead atoms. The van der Waals surface area contributed by atoms with Crippen molar-refractivity contribution < 1.29 is 9.53 Å². The number of rotatable bonds is 3. The lowest BCUT2D eigenvalue weighted by atomic mass is 10.2. The largest absolute Gasteiger partial charge is 0.465 e. The number of carbonyl (C=O) groups excluding carboxylic acids is 1. The number of hydrogen-bond acceptors (Lipinski definition) is 2. The number of methoxy groups -OCH3 is 1. The van der Waals surface area contributed by atoms with E-state index in [9.17, 15) is 4.79 Å². The minimum atomic E-state index is -0.524. The molecule has 0 saturated carbocycles. The highest BCUT2D eigenvalue weighted by molar-refractivity contribution is 8.23. The predicted molar refractivity (Wildman–Crippen MR) is 68.4 cm³/mol. The summed E-state index contributed by atoms with van der Waals surface area (Å²) in [6.45, 7) is 0. The van der Waals surface area contributed by atoms with Crippen molar-refractivity contribution in [2.75, 3.05) is 7.11 Å². The summed E-state index contributed by atoms with van der Waals surface area (Å²) in [5, 5.41) is 2.11. The maximum absolute atomic E-state index is 11.5. The summed E-state index contributed by atoms with van der Waals surface area (Å²) in [7, 11) is 0.904. The molecular weight excluding hydrogens is 220 g/mol. The molecule has 1 aliphatic rings. The lowest BCUT2D eigenvalue weighted by molar-refractivity contribution is -0.135. The molecular formula is C13H14O2S. The first-order valence-corrected chi connectivity index (χ1v) is 6.68. The SMILES string of the molecule is COC(=O)C1=CC=C[SH]1Cc1ccccc1. The van der Waals surface area contributed by atoms with E-state index in [-0.39, 0.29) is 5.97 Å². The monoisotopic (exact) mass is 234 g/mol. The van der Waals surface area contributed by atoms with Gasteiger partial charge in [-0.15, -0.1) is 0 Å². The second kappa shape index (κ2) is 5.03. The first kappa shape index (κ1) is 11.0. The van der Waals surface area contributed by atoms with Gasteiger partial charge in [0.2, 0.25) is 0 Å². The summed E-state index contributed by atoms with van der Waals surface area (Å²) in [4.78, 5) is 12.3. The van der Waals surface area contributed by atoms with E-state index in [1.54, 1.807) is 0 Å². The fourth-order valence-electron chi connectivity index (χ4n) is 1.62. The average molecular weight is 234 g/mol. The van der Waals surface area contributed by atoms with Gasteiger partial charge in [0.05, 0.1) is 12.0 Å². The quantitative estimate of drug-likeness (QED) is 0.643. The van der Waals surface area contributed by atoms with Gasteiger partial charge in [0.15, 0.2) is 0 Å². The van der Waals surface area contributed by atoms with Gasteiger partial charge in [-0.1, -0.05) is 36.4 Å². The average Bonchev–Trinajstić information content (AvgIpc) is 2.77. The Labute approximate surface area is 98.0 Å². The first-order valence-electron chi connectivity index (χ1n) is 5.08. The van der Waals surface area contributed by atoms with E-state index < -0.39 is 10.9 Å². The summed E-state index contributed by atoms with van der Waals surface area (Å²) >= 11 is 0. The molecule has 0 fully saturated rings. The fraction of sp³-hybridized carbons (Fsp3) is 0.154. The number of allylic oxidation sites excluding steroid dienone is 2. The van der Waals surface area contributed by atoms with Crippen LogP contribution < -0.4 is 0 Å². The van der Waals surface area contributed by atoms with Gasteiger partial charge in [-0.3, -0.25) is 0 Å². The summed E-state index contributed by atoms with van der Waals surface area (Å²) in [5.41, 5.74) is 1.26. The molecule has 0 radical (unpaired) electrons. The van der Waals surface area contributed by atoms with Crippen LogP contribution in [0.5, 0.6) is 0 Å². The fourth-order valence-corrected chi connectivity index (χ4v) is 3.56. The van der Waals surface area contributed by atoms with Crippen molar-refractivity contribution in [3.63, 3.8) is 0 Å². The molecule has 1 aromatic carbocycles. The Morgan fingerprint density at radius 2 is 2.06 bits per heavy atom. The summed E-state index contributed by atoms with van der Waals surface area (Å²) in [6, 6.07) is 10.2. The van der Waals surface area contributed by atoms with Gasteiger partial charge in [0.1, 0.15) is 0 Å². The number of hydrogen-bond donors (Lipinski definition) is 1. The van der Waals surface area contributed by atoms with Gasteiger partial charge in [0.25, 0.3) is 0 Å². The topological polar surface area (TPSA) is 26.3 Å². The van der Waals surface area contributed by atoms with Gasteiger partial charge in [-0.05, 0) is 17.0 Å². The highest BCUT2D eigenvalue weighted by Crippen LogP contribution is 2.44. The lowest BCUT2D eigenvalue weighted by Crippen LogP contribution is -2.04. The van der Waals surface area contributed by atoms with E-state index in [1.807, 2.05) is 30.4 Å². The van der Waals surface area contributed by atoms with Crippen molar-refractivity contribution in [2.45, 2.75) is 5.75 Å². The molecule has 1 atom stereocenters. The Hall–Kier alpha value is -1.48. The van der Waals surface area contributed by atoms with Crippen LogP contribution in [0.1, 0.15) is 5.56 Å². The van der Waals surface area contributed by atoms with Gasteiger partial charge in [-0.25, -0.2) is 4.79 Å². The van der Waals surface area contributed by atoms with E-state index in [1.165, 1.54) is 12.7 Å². The van der Waals surface area contributed by atoms with E-state index in [2.05, 4.69) is 17.5 Å². The third-order valence-electron chi connectivity index (χ3n) is 2.42. The maximum Gasteiger partial charge on any atom is 0.342 e. The zero-order valence-corrected chi connectivity index (χ0v) is 9.98. The second-order valence-electron chi connectivity index (χ2n) is 3.50. The van der Waals surface area contributed by atoms with Crippen LogP contribution in [0.15, 0.2) is 52.8 Å². The van der Waals surface area contributed by atoms with Crippen molar-refractivity contribution in [3.8, 4) is 0 Å². The molecule has 3 heteroatoms. The van der Waals surface area contributed by atoms with Crippen molar-refractivity contribution in [2.24, 2.45) is 0 Å². The lowest BCUT2D eigenvalue weighted by Gasteiger charge is -2.16. The normalized spacial score (nSPS) is 20.6. The van der Waals surface area contributed by atoms with Crippen molar-refractivity contribution in [3.05, 3.63) is 58.4 Å². The Balaban J connectivity index is 2.09. The smallest absolute Gasteiger partial charge is 0.342 e. The molecule has 0 amide bonds. The van der Waals surface area contributed by atoms with Crippen LogP contribution in [-0.2, 0) is 15.3 Å². The van der Waals surface area contributed by atoms with Gasteiger partial charge < -0.3 is 4.74 Å². The van der Waals surface area contributed by atoms with Crippen LogP contribution in [0, 0.1) is 0 Å². The number of thiol groups is 1. The summed E-state index contributed by atoms with van der Waals surface area (Å²) in [5.74, 6) is 0.709. The van der Waals surface area contributed by atoms with Gasteiger partial charge >= 0.3 is 5.97 Å². The predicted octanol–water partition coefficient (Wildman–Crippen LogP) is 2.77. The molecule has 0 saturated heterocycles. The Bertz CT molecular complexity index is 435. The molecule has 2 rings (SSSR count). The molecule has 16 heavy (non-hydrogen) atoms. The molecule has 0 N–H and O–H groups in total. The van der Waals surface area contributed by atoms with E-state index in [0.717, 1.165) is 10.7 Å². The van der Waals surface area contributed by atoms with Crippen LogP contribution in [0.4, 0.5) is 0 Å². The van der Waals surface area contributed by atoms with E-state index in [4.69, 9.17) is 4.74 Å². The first-order chi connectivity index (χ1) is 7.81. The number of ether oxygens (including phenoxy) is 1. The molecule has 1 unspecified atom stereocenters. The minimum absolute atomic E-state index is 0.202. The third kappa shape index (κ3) is 2.36. The van der Waals surface area contributed by atoms with E-state index in [0.29, 0.717) is 0 Å². The second-order valence-corrected chi connectivity index (χ2v) is 5.53. The Kier molecular flexibility index (Phi) is 3.47. The molecule has 1 aliphatic heterocycles. The zero-order chi connectivity index (χ0) is 11.4. The Morgan fingerprint density at radius 3 is 2.75 bits per heavy atom. The van der Waals surface area contributed by atoms with Crippen LogP contribution in [0.2, 0.25) is 0 Å². The number of benzene rings is 1. The van der Waals surface area contributed by atoms with E-state index >= 15 is 0 Å². The molecule has 0 spiro atoms. The van der Waals surface area contributed by atoms with Crippen molar-refractivity contribution in [1.82, 2.24) is 0 Å². The standard InChI is InChI=1S/C13H14O2S/c1-15-13(14)12-8-5-9-16(12)10-11-6-3-2-4-7-11/h2-9,16H,10H2,1H3. The highest BCUT2D eigenvalue weighted by Gasteiger charge is 2.18. The summed E-state index contributed by atoms with van der Waals surface area (Å²) < 4.78 is 4.77. The maximum atomic E-state index is 11.5. The summed E-state index contributed by atoms with van der Waals surface area (Å²) in [6.07, 6.45) is 3.81. The van der Waals surface area contributed by atoms with Gasteiger partial charge in [-0.2, -0.15) is 10.9 Å². The molecule has 1 aromatic rings. The minimum Gasteiger partial charge on any atom is -0.465 e.